The third-order valence-electron chi connectivity index (χ3n) is 4.64. The predicted molar refractivity (Wildman–Crippen MR) is 105 cm³/mol. The first-order chi connectivity index (χ1) is 15.3. The molecule has 4 aromatic rings. The van der Waals surface area contributed by atoms with Crippen LogP contribution in [-0.4, -0.2) is 37.1 Å². The number of rotatable bonds is 2. The van der Waals surface area contributed by atoms with Gasteiger partial charge in [0.05, 0.1) is 23.1 Å². The van der Waals surface area contributed by atoms with Gasteiger partial charge in [0.25, 0.3) is 5.91 Å². The maximum atomic E-state index is 13.3. The Balaban J connectivity index is 1.52. The van der Waals surface area contributed by atoms with Crippen LogP contribution in [-0.2, 0) is 6.54 Å². The zero-order valence-corrected chi connectivity index (χ0v) is 15.2. The lowest BCUT2D eigenvalue weighted by atomic mass is 10.1. The summed E-state index contributed by atoms with van der Waals surface area (Å²) in [4.78, 5) is 19.4. The molecule has 0 unspecified atom stereocenters. The summed E-state index contributed by atoms with van der Waals surface area (Å²) in [7, 11) is 0. The van der Waals surface area contributed by atoms with E-state index in [2.05, 4.69) is 15.2 Å². The minimum absolute atomic E-state index is 0.283. The van der Waals surface area contributed by atoms with E-state index in [9.17, 15) is 4.79 Å². The maximum absolute atomic E-state index is 13.3. The van der Waals surface area contributed by atoms with Gasteiger partial charge in [0.15, 0.2) is 16.7 Å². The van der Waals surface area contributed by atoms with Gasteiger partial charge in [-0.05, 0) is 31.1 Å². The van der Waals surface area contributed by atoms with E-state index < -0.39 is 42.2 Å². The Kier molecular flexibility index (Phi) is 2.70. The first-order valence-corrected chi connectivity index (χ1v) is 9.28. The van der Waals surface area contributed by atoms with Gasteiger partial charge in [-0.2, -0.15) is 0 Å². The second kappa shape index (κ2) is 6.28. The second-order valence-electron chi connectivity index (χ2n) is 6.19. The highest BCUT2D eigenvalue weighted by atomic mass is 32.1. The number of nitrogens with zero attached hydrogens (tertiary/aromatic N) is 5. The summed E-state index contributed by atoms with van der Waals surface area (Å²) >= 11 is 1.52. The number of fused-ring (bicyclic) bond motifs is 2. The van der Waals surface area contributed by atoms with Gasteiger partial charge in [0, 0.05) is 18.7 Å². The zero-order valence-electron chi connectivity index (χ0n) is 19.4. The molecule has 0 saturated heterocycles. The van der Waals surface area contributed by atoms with Crippen molar-refractivity contribution < 1.29 is 11.6 Å². The minimum atomic E-state index is -0.620. The third kappa shape index (κ3) is 2.62. The largest absolute Gasteiger partial charge is 0.327 e. The average molecular weight is 380 g/mol. The summed E-state index contributed by atoms with van der Waals surface area (Å²) in [6, 6.07) is 4.72. The van der Waals surface area contributed by atoms with Crippen molar-refractivity contribution in [2.75, 3.05) is 6.54 Å². The molecule has 6 nitrogen and oxygen atoms in total. The SMILES string of the molecule is [2H]c1c([2H])c([2H])c(C(=O)N2CCn3c(-c4nc5ccccc5s4)nnc3[C@H]2C)c([2H])c1[2H]. The maximum Gasteiger partial charge on any atom is 0.254 e. The highest BCUT2D eigenvalue weighted by Gasteiger charge is 2.32. The fraction of sp³-hybridized carbons (Fsp3) is 0.200. The lowest BCUT2D eigenvalue weighted by Crippen LogP contribution is -2.41. The highest BCUT2D eigenvalue weighted by molar-refractivity contribution is 7.21. The van der Waals surface area contributed by atoms with Gasteiger partial charge in [-0.3, -0.25) is 4.79 Å². The Morgan fingerprint density at radius 1 is 1.19 bits per heavy atom. The van der Waals surface area contributed by atoms with Crippen LogP contribution in [0, 0.1) is 0 Å². The van der Waals surface area contributed by atoms with Crippen molar-refractivity contribution in [3.05, 3.63) is 65.9 Å². The van der Waals surface area contributed by atoms with Crippen LogP contribution in [0.1, 0.15) is 36.0 Å². The van der Waals surface area contributed by atoms with E-state index in [0.29, 0.717) is 18.2 Å². The molecule has 2 aromatic heterocycles. The molecule has 0 spiro atoms. The lowest BCUT2D eigenvalue weighted by Gasteiger charge is -2.33. The molecule has 1 aliphatic heterocycles. The zero-order chi connectivity index (χ0) is 22.7. The molecule has 3 heterocycles. The monoisotopic (exact) mass is 380 g/mol. The number of hydrogen-bond donors (Lipinski definition) is 0. The third-order valence-corrected chi connectivity index (χ3v) is 5.68. The van der Waals surface area contributed by atoms with Crippen molar-refractivity contribution in [2.24, 2.45) is 0 Å². The molecular weight excluding hydrogens is 358 g/mol. The number of hydrogen-bond acceptors (Lipinski definition) is 5. The van der Waals surface area contributed by atoms with E-state index in [-0.39, 0.29) is 12.1 Å². The number of amides is 1. The number of benzene rings is 2. The molecule has 1 aliphatic rings. The molecule has 0 N–H and O–H groups in total. The molecule has 0 bridgehead atoms. The summed E-state index contributed by atoms with van der Waals surface area (Å²) in [5, 5.41) is 9.35. The minimum Gasteiger partial charge on any atom is -0.327 e. The van der Waals surface area contributed by atoms with E-state index >= 15 is 0 Å². The molecule has 0 aliphatic carbocycles. The lowest BCUT2D eigenvalue weighted by molar-refractivity contribution is 0.0638. The smallest absolute Gasteiger partial charge is 0.254 e. The van der Waals surface area contributed by atoms with Crippen LogP contribution in [0.5, 0.6) is 0 Å². The van der Waals surface area contributed by atoms with Crippen molar-refractivity contribution in [3.8, 4) is 10.8 Å². The fourth-order valence-electron chi connectivity index (χ4n) is 3.29. The Hall–Kier alpha value is -3.06. The summed E-state index contributed by atoms with van der Waals surface area (Å²) < 4.78 is 42.6. The van der Waals surface area contributed by atoms with Crippen LogP contribution in [0.4, 0.5) is 0 Å². The number of carbonyl (C=O) groups excluding carboxylic acids is 1. The predicted octanol–water partition coefficient (Wildman–Crippen LogP) is 3.77. The molecule has 27 heavy (non-hydrogen) atoms. The average Bonchev–Trinajstić information content (AvgIpc) is 3.41. The number of aromatic nitrogens is 4. The Bertz CT molecular complexity index is 1340. The first kappa shape index (κ1) is 11.6. The van der Waals surface area contributed by atoms with Crippen LogP contribution in [0.3, 0.4) is 0 Å². The second-order valence-corrected chi connectivity index (χ2v) is 7.23. The van der Waals surface area contributed by atoms with Gasteiger partial charge in [-0.25, -0.2) is 4.98 Å². The van der Waals surface area contributed by atoms with E-state index in [4.69, 9.17) is 6.85 Å². The van der Waals surface area contributed by atoms with Gasteiger partial charge >= 0.3 is 0 Å². The number of carbonyl (C=O) groups is 1. The van der Waals surface area contributed by atoms with Crippen LogP contribution < -0.4 is 0 Å². The van der Waals surface area contributed by atoms with Crippen molar-refractivity contribution in [1.29, 1.82) is 0 Å². The number of para-hydroxylation sites is 1. The van der Waals surface area contributed by atoms with E-state index in [1.54, 1.807) is 6.92 Å². The standard InChI is InChI=1S/C20H17N5OS/c1-13-17-22-23-18(19-21-15-9-5-6-10-16(15)27-19)25(17)12-11-24(13)20(26)14-7-3-2-4-8-14/h2-10,13H,11-12H2,1H3/t13-/m1/s1/i2D,3D,4D,7D,8D. The van der Waals surface area contributed by atoms with Crippen LogP contribution >= 0.6 is 11.3 Å². The van der Waals surface area contributed by atoms with Crippen molar-refractivity contribution in [3.63, 3.8) is 0 Å². The molecule has 134 valence electrons. The number of thiazole rings is 1. The molecule has 0 radical (unpaired) electrons. The van der Waals surface area contributed by atoms with Crippen LogP contribution in [0.25, 0.3) is 21.0 Å². The van der Waals surface area contributed by atoms with Crippen molar-refractivity contribution >= 4 is 27.5 Å². The molecular formula is C20H17N5OS. The van der Waals surface area contributed by atoms with Crippen molar-refractivity contribution in [2.45, 2.75) is 19.5 Å². The molecule has 7 heteroatoms. The van der Waals surface area contributed by atoms with Gasteiger partial charge < -0.3 is 9.47 Å². The summed E-state index contributed by atoms with van der Waals surface area (Å²) in [5.41, 5.74) is 0.550. The van der Waals surface area contributed by atoms with Crippen molar-refractivity contribution in [1.82, 2.24) is 24.6 Å². The normalized spacial score (nSPS) is 19.1. The van der Waals surface area contributed by atoms with Gasteiger partial charge in [0.1, 0.15) is 0 Å². The van der Waals surface area contributed by atoms with Gasteiger partial charge in [-0.15, -0.1) is 21.5 Å². The van der Waals surface area contributed by atoms with E-state index in [1.807, 2.05) is 28.8 Å². The molecule has 1 atom stereocenters. The first-order valence-electron chi connectivity index (χ1n) is 11.0. The van der Waals surface area contributed by atoms with E-state index in [1.165, 1.54) is 16.2 Å². The van der Waals surface area contributed by atoms with E-state index in [0.717, 1.165) is 15.2 Å². The summed E-state index contributed by atoms with van der Waals surface area (Å²) in [6.07, 6.45) is 0. The van der Waals surface area contributed by atoms with Crippen LogP contribution in [0.2, 0.25) is 0 Å². The molecule has 0 saturated carbocycles. The fourth-order valence-corrected chi connectivity index (χ4v) is 4.25. The summed E-state index contributed by atoms with van der Waals surface area (Å²) in [5.74, 6) is 0.569. The quantitative estimate of drug-likeness (QED) is 0.531. The molecule has 2 aromatic carbocycles. The Morgan fingerprint density at radius 2 is 2.00 bits per heavy atom. The van der Waals surface area contributed by atoms with Gasteiger partial charge in [-0.1, -0.05) is 30.3 Å². The Morgan fingerprint density at radius 3 is 2.81 bits per heavy atom. The molecule has 1 amide bonds. The summed E-state index contributed by atoms with van der Waals surface area (Å²) in [6.45, 7) is 2.47. The molecule has 0 fully saturated rings. The van der Waals surface area contributed by atoms with Gasteiger partial charge in [0.2, 0.25) is 0 Å². The highest BCUT2D eigenvalue weighted by Crippen LogP contribution is 2.33. The Labute approximate surface area is 167 Å². The molecule has 5 rings (SSSR count). The topological polar surface area (TPSA) is 63.9 Å². The van der Waals surface area contributed by atoms with Crippen LogP contribution in [0.15, 0.2) is 54.5 Å².